The van der Waals surface area contributed by atoms with Crippen LogP contribution in [0, 0.1) is 0 Å². The molecule has 12 nitrogen and oxygen atoms in total. The highest BCUT2D eigenvalue weighted by molar-refractivity contribution is 6.74. The Morgan fingerprint density at radius 2 is 1.69 bits per heavy atom. The molecule has 1 heterocycles. The van der Waals surface area contributed by atoms with Crippen LogP contribution < -0.4 is 11.1 Å². The van der Waals surface area contributed by atoms with Gasteiger partial charge in [-0.25, -0.2) is 9.48 Å². The van der Waals surface area contributed by atoms with Crippen LogP contribution >= 0.6 is 0 Å². The van der Waals surface area contributed by atoms with Gasteiger partial charge >= 0.3 is 12.1 Å². The molecule has 216 valence electrons. The van der Waals surface area contributed by atoms with E-state index in [1.807, 2.05) is 13.1 Å². The number of ether oxygens (including phenoxy) is 1. The molecule has 3 amide bonds. The van der Waals surface area contributed by atoms with Gasteiger partial charge in [-0.2, -0.15) is 5.10 Å². The lowest BCUT2D eigenvalue weighted by Gasteiger charge is -2.44. The average Bonchev–Trinajstić information content (AvgIpc) is 3.13. The maximum absolute atomic E-state index is 12.8. The van der Waals surface area contributed by atoms with E-state index in [2.05, 4.69) is 31.2 Å². The number of amides is 3. The van der Waals surface area contributed by atoms with Crippen LogP contribution in [0.3, 0.4) is 0 Å². The first-order valence-electron chi connectivity index (χ1n) is 12.6. The fourth-order valence-electron chi connectivity index (χ4n) is 3.71. The third-order valence-electron chi connectivity index (χ3n) is 6.78. The van der Waals surface area contributed by atoms with Crippen molar-refractivity contribution in [2.75, 3.05) is 18.5 Å². The van der Waals surface area contributed by atoms with Gasteiger partial charge in [0.1, 0.15) is 12.1 Å². The van der Waals surface area contributed by atoms with Crippen LogP contribution in [-0.2, 0) is 24.4 Å². The predicted octanol–water partition coefficient (Wildman–Crippen LogP) is 4.11. The van der Waals surface area contributed by atoms with Crippen molar-refractivity contribution in [3.63, 3.8) is 0 Å². The molecule has 1 aromatic heterocycles. The third-order valence-corrected chi connectivity index (χ3v) is 11.3. The van der Waals surface area contributed by atoms with E-state index in [4.69, 9.17) is 14.9 Å². The maximum Gasteiger partial charge on any atom is 0.412 e. The minimum Gasteiger partial charge on any atom is -0.480 e. The molecule has 0 saturated heterocycles. The number of fused-ring (bicyclic) bond motifs is 1. The van der Waals surface area contributed by atoms with Crippen molar-refractivity contribution in [2.45, 2.75) is 84.8 Å². The van der Waals surface area contributed by atoms with Crippen molar-refractivity contribution in [3.05, 3.63) is 23.9 Å². The first-order chi connectivity index (χ1) is 17.6. The fourth-order valence-corrected chi connectivity index (χ4v) is 4.78. The summed E-state index contributed by atoms with van der Waals surface area (Å²) in [4.78, 5) is 50.5. The molecule has 2 rings (SSSR count). The maximum atomic E-state index is 12.8. The minimum absolute atomic E-state index is 0.0940. The van der Waals surface area contributed by atoms with Crippen LogP contribution in [0.4, 0.5) is 10.5 Å². The van der Waals surface area contributed by atoms with Crippen LogP contribution in [0.15, 0.2) is 18.2 Å². The van der Waals surface area contributed by atoms with Gasteiger partial charge in [-0.3, -0.25) is 19.7 Å². The van der Waals surface area contributed by atoms with E-state index < -0.39 is 50.0 Å². The number of carbonyl (C=O) groups is 4. The second-order valence-corrected chi connectivity index (χ2v) is 17.1. The van der Waals surface area contributed by atoms with Crippen LogP contribution in [0.25, 0.3) is 10.9 Å². The number of hydrogen-bond acceptors (Lipinski definition) is 7. The summed E-state index contributed by atoms with van der Waals surface area (Å²) >= 11 is 0. The number of rotatable bonds is 9. The summed E-state index contributed by atoms with van der Waals surface area (Å²) in [5, 5.41) is 16.8. The molecular weight excluding hydrogens is 522 g/mol. The Balaban J connectivity index is 2.74. The third kappa shape index (κ3) is 7.35. The first kappa shape index (κ1) is 31.8. The lowest BCUT2D eigenvalue weighted by Crippen LogP contribution is -2.58. The van der Waals surface area contributed by atoms with Crippen LogP contribution in [-0.4, -0.2) is 70.7 Å². The topological polar surface area (TPSA) is 166 Å². The molecule has 1 aromatic carbocycles. The van der Waals surface area contributed by atoms with Gasteiger partial charge in [0.2, 0.25) is 5.91 Å². The molecule has 13 heteroatoms. The molecule has 0 aliphatic carbocycles. The van der Waals surface area contributed by atoms with Gasteiger partial charge in [-0.1, -0.05) is 20.8 Å². The Hall–Kier alpha value is -3.45. The summed E-state index contributed by atoms with van der Waals surface area (Å²) in [6, 6.07) is 4.71. The van der Waals surface area contributed by atoms with Crippen molar-refractivity contribution >= 4 is 48.8 Å². The monoisotopic (exact) mass is 563 g/mol. The molecule has 0 aliphatic rings. The Kier molecular flexibility index (Phi) is 8.93. The number of nitrogens with zero attached hydrogens (tertiary/aromatic N) is 3. The van der Waals surface area contributed by atoms with Gasteiger partial charge in [-0.15, -0.1) is 0 Å². The van der Waals surface area contributed by atoms with Crippen LogP contribution in [0.1, 0.15) is 65.9 Å². The molecule has 0 aliphatic heterocycles. The number of nitrogens with one attached hydrogen (secondary N) is 1. The highest BCUT2D eigenvalue weighted by Crippen LogP contribution is 2.39. The molecule has 0 saturated carbocycles. The molecular formula is C26H41N5O7Si. The van der Waals surface area contributed by atoms with E-state index in [0.717, 1.165) is 4.90 Å². The van der Waals surface area contributed by atoms with Gasteiger partial charge < -0.3 is 24.9 Å². The van der Waals surface area contributed by atoms with Crippen LogP contribution in [0.2, 0.25) is 18.1 Å². The number of hydrogen-bond donors (Lipinski definition) is 3. The lowest BCUT2D eigenvalue weighted by atomic mass is 10.1. The summed E-state index contributed by atoms with van der Waals surface area (Å²) in [5.74, 6) is -2.58. The van der Waals surface area contributed by atoms with Gasteiger partial charge in [0, 0.05) is 18.0 Å². The number of anilines is 1. The van der Waals surface area contributed by atoms with Crippen molar-refractivity contribution in [1.82, 2.24) is 14.7 Å². The summed E-state index contributed by atoms with van der Waals surface area (Å²) in [5.41, 5.74) is 4.09. The van der Waals surface area contributed by atoms with Crippen molar-refractivity contribution < 1.29 is 33.4 Å². The number of nitrogens with two attached hydrogens (primary N) is 1. The highest BCUT2D eigenvalue weighted by atomic mass is 28.4. The Bertz CT molecular complexity index is 1280. The number of carboxylic acid groups (broad SMARTS) is 1. The quantitative estimate of drug-likeness (QED) is 0.383. The summed E-state index contributed by atoms with van der Waals surface area (Å²) in [6.07, 6.45) is -0.688. The molecule has 4 N–H and O–H groups in total. The predicted molar refractivity (Wildman–Crippen MR) is 150 cm³/mol. The SMILES string of the molecule is CC(=O)N(CC(=O)O)C(C)(CO[Si](C)(C)C(C)(C)C)n1nc(C(N)=O)c2cc(NC(=O)OC(C)(C)C)ccc21. The molecule has 0 bridgehead atoms. The number of primary amides is 1. The smallest absolute Gasteiger partial charge is 0.412 e. The number of carbonyl (C=O) groups excluding carboxylic acids is 3. The van der Waals surface area contributed by atoms with E-state index in [-0.39, 0.29) is 17.3 Å². The van der Waals surface area contributed by atoms with E-state index >= 15 is 0 Å². The fraction of sp³-hybridized carbons (Fsp3) is 0.577. The van der Waals surface area contributed by atoms with Crippen molar-refractivity contribution in [2.24, 2.45) is 5.73 Å². The zero-order chi connectivity index (χ0) is 30.1. The molecule has 0 fully saturated rings. The molecule has 2 aromatic rings. The molecule has 1 atom stereocenters. The zero-order valence-corrected chi connectivity index (χ0v) is 25.5. The Morgan fingerprint density at radius 1 is 1.10 bits per heavy atom. The minimum atomic E-state index is -2.38. The summed E-state index contributed by atoms with van der Waals surface area (Å²) < 4.78 is 13.2. The van der Waals surface area contributed by atoms with Crippen molar-refractivity contribution in [1.29, 1.82) is 0 Å². The number of aliphatic carboxylic acids is 1. The Morgan fingerprint density at radius 3 is 2.15 bits per heavy atom. The van der Waals surface area contributed by atoms with Crippen LogP contribution in [0.5, 0.6) is 0 Å². The summed E-state index contributed by atoms with van der Waals surface area (Å²) in [7, 11) is -2.38. The standard InChI is InChI=1S/C26H41N5O7Si/c1-16(32)30(14-20(33)34)26(8,15-37-39(9,10)25(5,6)7)31-19-12-11-17(28-23(36)38-24(2,3)4)13-18(19)21(29-31)22(27)35/h11-13H,14-15H2,1-10H3,(H2,27,35)(H,28,36)(H,33,34). The lowest BCUT2D eigenvalue weighted by molar-refractivity contribution is -0.153. The highest BCUT2D eigenvalue weighted by Gasteiger charge is 2.44. The first-order valence-corrected chi connectivity index (χ1v) is 15.5. The molecule has 0 spiro atoms. The Labute approximate surface area is 229 Å². The van der Waals surface area contributed by atoms with E-state index in [9.17, 15) is 24.3 Å². The van der Waals surface area contributed by atoms with Gasteiger partial charge in [-0.05, 0) is 64.0 Å². The van der Waals surface area contributed by atoms with Gasteiger partial charge in [0.25, 0.3) is 5.91 Å². The second-order valence-electron chi connectivity index (χ2n) is 12.2. The molecule has 1 unspecified atom stereocenters. The van der Waals surface area contributed by atoms with E-state index in [0.29, 0.717) is 16.6 Å². The molecule has 39 heavy (non-hydrogen) atoms. The van der Waals surface area contributed by atoms with E-state index in [1.165, 1.54) is 17.7 Å². The average molecular weight is 564 g/mol. The summed E-state index contributed by atoms with van der Waals surface area (Å²) in [6.45, 7) is 17.6. The number of carboxylic acids is 1. The second kappa shape index (κ2) is 11.0. The normalized spacial score (nSPS) is 14.0. The van der Waals surface area contributed by atoms with Gasteiger partial charge in [0.05, 0.1) is 12.1 Å². The van der Waals surface area contributed by atoms with Gasteiger partial charge in [0.15, 0.2) is 19.7 Å². The number of benzene rings is 1. The number of aromatic nitrogens is 2. The van der Waals surface area contributed by atoms with Crippen molar-refractivity contribution in [3.8, 4) is 0 Å². The zero-order valence-electron chi connectivity index (χ0n) is 24.5. The van der Waals surface area contributed by atoms with E-state index in [1.54, 1.807) is 39.8 Å². The largest absolute Gasteiger partial charge is 0.480 e. The molecule has 0 radical (unpaired) electrons.